The molecule has 0 saturated carbocycles. The van der Waals surface area contributed by atoms with E-state index in [-0.39, 0.29) is 0 Å². The Morgan fingerprint density at radius 1 is 1.47 bits per heavy atom. The van der Waals surface area contributed by atoms with E-state index in [1.165, 1.54) is 16.9 Å². The minimum atomic E-state index is 0.473. The molecule has 0 spiro atoms. The van der Waals surface area contributed by atoms with Crippen LogP contribution in [0.4, 0.5) is 0 Å². The number of hydrogen-bond acceptors (Lipinski definition) is 3. The summed E-state index contributed by atoms with van der Waals surface area (Å²) in [5, 5.41) is 3.66. The molecule has 1 aromatic rings. The summed E-state index contributed by atoms with van der Waals surface area (Å²) in [7, 11) is 1.75. The average molecular weight is 251 g/mol. The molecule has 0 aromatic heterocycles. The molecule has 1 N–H and O–H groups in total. The van der Waals surface area contributed by atoms with Crippen molar-refractivity contribution in [3.8, 4) is 5.75 Å². The molecule has 0 saturated heterocycles. The quantitative estimate of drug-likeness (QED) is 0.885. The molecule has 0 radical (unpaired) electrons. The van der Waals surface area contributed by atoms with E-state index in [1.54, 1.807) is 7.11 Å². The van der Waals surface area contributed by atoms with Crippen molar-refractivity contribution in [2.45, 2.75) is 31.2 Å². The molecule has 0 fully saturated rings. The normalized spacial score (nSPS) is 23.2. The molecule has 2 rings (SSSR count). The van der Waals surface area contributed by atoms with Gasteiger partial charge < -0.3 is 10.1 Å². The third kappa shape index (κ3) is 2.61. The molecule has 2 atom stereocenters. The highest BCUT2D eigenvalue weighted by Crippen LogP contribution is 2.44. The van der Waals surface area contributed by atoms with Gasteiger partial charge in [0.2, 0.25) is 0 Å². The second-order valence-electron chi connectivity index (χ2n) is 4.60. The van der Waals surface area contributed by atoms with Crippen LogP contribution in [0.5, 0.6) is 5.75 Å². The van der Waals surface area contributed by atoms with Crippen molar-refractivity contribution in [2.75, 3.05) is 19.4 Å². The largest absolute Gasteiger partial charge is 0.496 e. The Morgan fingerprint density at radius 2 is 2.29 bits per heavy atom. The zero-order valence-corrected chi connectivity index (χ0v) is 11.6. The number of benzene rings is 1. The molecular weight excluding hydrogens is 230 g/mol. The van der Waals surface area contributed by atoms with Gasteiger partial charge in [-0.2, -0.15) is 0 Å². The second-order valence-corrected chi connectivity index (χ2v) is 5.63. The van der Waals surface area contributed by atoms with Gasteiger partial charge in [0.05, 0.1) is 12.0 Å². The molecule has 94 valence electrons. The lowest BCUT2D eigenvalue weighted by atomic mass is 9.95. The van der Waals surface area contributed by atoms with Crippen molar-refractivity contribution < 1.29 is 4.74 Å². The average Bonchev–Trinajstić information content (AvgIpc) is 2.36. The number of fused-ring (bicyclic) bond motifs is 1. The van der Waals surface area contributed by atoms with Crippen LogP contribution < -0.4 is 10.1 Å². The first-order valence-corrected chi connectivity index (χ1v) is 7.29. The number of methoxy groups -OCH3 is 1. The number of nitrogens with one attached hydrogen (secondary N) is 1. The number of rotatable bonds is 4. The Bertz CT molecular complexity index is 380. The summed E-state index contributed by atoms with van der Waals surface area (Å²) in [6, 6.07) is 6.85. The van der Waals surface area contributed by atoms with Gasteiger partial charge in [0, 0.05) is 11.8 Å². The Balaban J connectivity index is 2.30. The standard InChI is InChI=1S/C14H21NOS/c1-4-8-15-13-10(2)9-17-14-11(13)6-5-7-12(14)16-3/h5-7,10,13,15H,4,8-9H2,1-3H3. The Hall–Kier alpha value is -0.670. The summed E-state index contributed by atoms with van der Waals surface area (Å²) >= 11 is 1.92. The van der Waals surface area contributed by atoms with Crippen LogP contribution >= 0.6 is 11.8 Å². The number of hydrogen-bond donors (Lipinski definition) is 1. The molecule has 17 heavy (non-hydrogen) atoms. The first kappa shape index (κ1) is 12.8. The van der Waals surface area contributed by atoms with Gasteiger partial charge >= 0.3 is 0 Å². The first-order chi connectivity index (χ1) is 8.27. The highest BCUT2D eigenvalue weighted by atomic mass is 32.2. The van der Waals surface area contributed by atoms with Crippen molar-refractivity contribution in [1.29, 1.82) is 0 Å². The fourth-order valence-corrected chi connectivity index (χ4v) is 3.60. The third-order valence-corrected chi connectivity index (χ3v) is 4.66. The zero-order chi connectivity index (χ0) is 12.3. The van der Waals surface area contributed by atoms with E-state index in [2.05, 4.69) is 37.4 Å². The topological polar surface area (TPSA) is 21.3 Å². The van der Waals surface area contributed by atoms with Gasteiger partial charge in [0.1, 0.15) is 5.75 Å². The summed E-state index contributed by atoms with van der Waals surface area (Å²) in [5.41, 5.74) is 1.40. The SMILES string of the molecule is CCCNC1c2cccc(OC)c2SCC1C. The van der Waals surface area contributed by atoms with Gasteiger partial charge in [-0.25, -0.2) is 0 Å². The van der Waals surface area contributed by atoms with E-state index in [1.807, 2.05) is 11.8 Å². The van der Waals surface area contributed by atoms with Gasteiger partial charge in [0.15, 0.2) is 0 Å². The van der Waals surface area contributed by atoms with Crippen LogP contribution in [-0.4, -0.2) is 19.4 Å². The van der Waals surface area contributed by atoms with Gasteiger partial charge in [-0.3, -0.25) is 0 Å². The Morgan fingerprint density at radius 3 is 3.00 bits per heavy atom. The van der Waals surface area contributed by atoms with Crippen LogP contribution in [0.25, 0.3) is 0 Å². The molecule has 1 aliphatic rings. The van der Waals surface area contributed by atoms with Crippen molar-refractivity contribution in [2.24, 2.45) is 5.92 Å². The number of ether oxygens (including phenoxy) is 1. The van der Waals surface area contributed by atoms with E-state index < -0.39 is 0 Å². The predicted molar refractivity (Wildman–Crippen MR) is 73.9 cm³/mol. The fourth-order valence-electron chi connectivity index (χ4n) is 2.32. The highest BCUT2D eigenvalue weighted by molar-refractivity contribution is 7.99. The van der Waals surface area contributed by atoms with Gasteiger partial charge in [-0.05, 0) is 30.5 Å². The second kappa shape index (κ2) is 5.78. The zero-order valence-electron chi connectivity index (χ0n) is 10.8. The van der Waals surface area contributed by atoms with Crippen molar-refractivity contribution in [3.05, 3.63) is 23.8 Å². The molecular formula is C14H21NOS. The maximum atomic E-state index is 5.45. The lowest BCUT2D eigenvalue weighted by Crippen LogP contribution is -2.31. The molecule has 3 heteroatoms. The van der Waals surface area contributed by atoms with Gasteiger partial charge in [-0.1, -0.05) is 26.0 Å². The lowest BCUT2D eigenvalue weighted by molar-refractivity contribution is 0.382. The van der Waals surface area contributed by atoms with E-state index in [9.17, 15) is 0 Å². The van der Waals surface area contributed by atoms with Crippen molar-refractivity contribution >= 4 is 11.8 Å². The molecule has 0 aliphatic carbocycles. The summed E-state index contributed by atoms with van der Waals surface area (Å²) in [6.07, 6.45) is 1.18. The lowest BCUT2D eigenvalue weighted by Gasteiger charge is -2.32. The van der Waals surface area contributed by atoms with Crippen molar-refractivity contribution in [1.82, 2.24) is 5.32 Å². The van der Waals surface area contributed by atoms with Crippen LogP contribution in [-0.2, 0) is 0 Å². The smallest absolute Gasteiger partial charge is 0.132 e. The van der Waals surface area contributed by atoms with Crippen LogP contribution in [0, 0.1) is 5.92 Å². The first-order valence-electron chi connectivity index (χ1n) is 6.31. The minimum Gasteiger partial charge on any atom is -0.496 e. The fraction of sp³-hybridized carbons (Fsp3) is 0.571. The van der Waals surface area contributed by atoms with Crippen LogP contribution in [0.3, 0.4) is 0 Å². The van der Waals surface area contributed by atoms with Gasteiger partial charge in [-0.15, -0.1) is 11.8 Å². The molecule has 0 bridgehead atoms. The monoisotopic (exact) mass is 251 g/mol. The minimum absolute atomic E-state index is 0.473. The summed E-state index contributed by atoms with van der Waals surface area (Å²) in [6.45, 7) is 5.61. The Labute approximate surface area is 108 Å². The molecule has 1 heterocycles. The highest BCUT2D eigenvalue weighted by Gasteiger charge is 2.28. The molecule has 2 nitrogen and oxygen atoms in total. The van der Waals surface area contributed by atoms with Crippen LogP contribution in [0.2, 0.25) is 0 Å². The summed E-state index contributed by atoms with van der Waals surface area (Å²) < 4.78 is 5.45. The molecule has 2 unspecified atom stereocenters. The van der Waals surface area contributed by atoms with Crippen LogP contribution in [0.15, 0.2) is 23.1 Å². The Kier molecular flexibility index (Phi) is 4.35. The maximum Gasteiger partial charge on any atom is 0.132 e. The number of thioether (sulfide) groups is 1. The predicted octanol–water partition coefficient (Wildman–Crippen LogP) is 3.48. The van der Waals surface area contributed by atoms with Crippen LogP contribution in [0.1, 0.15) is 31.9 Å². The van der Waals surface area contributed by atoms with Gasteiger partial charge in [0.25, 0.3) is 0 Å². The third-order valence-electron chi connectivity index (χ3n) is 3.24. The summed E-state index contributed by atoms with van der Waals surface area (Å²) in [5.74, 6) is 2.85. The maximum absolute atomic E-state index is 5.45. The molecule has 0 amide bonds. The van der Waals surface area contributed by atoms with Crippen molar-refractivity contribution in [3.63, 3.8) is 0 Å². The van der Waals surface area contributed by atoms with E-state index >= 15 is 0 Å². The summed E-state index contributed by atoms with van der Waals surface area (Å²) in [4.78, 5) is 1.32. The molecule has 1 aliphatic heterocycles. The molecule has 1 aromatic carbocycles. The van der Waals surface area contributed by atoms with E-state index in [0.29, 0.717) is 12.0 Å². The van der Waals surface area contributed by atoms with E-state index in [4.69, 9.17) is 4.74 Å². The van der Waals surface area contributed by atoms with E-state index in [0.717, 1.165) is 18.0 Å².